The first kappa shape index (κ1) is 19.0. The molecule has 1 fully saturated rings. The lowest BCUT2D eigenvalue weighted by molar-refractivity contribution is 0.237. The summed E-state index contributed by atoms with van der Waals surface area (Å²) in [4.78, 5) is 7.65. The third-order valence-corrected chi connectivity index (χ3v) is 5.97. The fourth-order valence-electron chi connectivity index (χ4n) is 4.42. The highest BCUT2D eigenvalue weighted by molar-refractivity contribution is 5.78. The van der Waals surface area contributed by atoms with E-state index in [0.717, 1.165) is 43.8 Å². The van der Waals surface area contributed by atoms with Gasteiger partial charge < -0.3 is 5.32 Å². The number of para-hydroxylation sites is 1. The lowest BCUT2D eigenvalue weighted by atomic mass is 9.97. The van der Waals surface area contributed by atoms with E-state index in [-0.39, 0.29) is 6.04 Å². The zero-order chi connectivity index (χ0) is 20.2. The molecular weight excluding hydrogens is 366 g/mol. The van der Waals surface area contributed by atoms with Crippen LogP contribution in [0, 0.1) is 0 Å². The van der Waals surface area contributed by atoms with E-state index >= 15 is 0 Å². The van der Waals surface area contributed by atoms with E-state index < -0.39 is 0 Å². The highest BCUT2D eigenvalue weighted by Gasteiger charge is 2.24. The van der Waals surface area contributed by atoms with Crippen LogP contribution in [0.3, 0.4) is 0 Å². The molecule has 1 unspecified atom stereocenters. The molecule has 1 aliphatic heterocycles. The van der Waals surface area contributed by atoms with Gasteiger partial charge in [0.25, 0.3) is 0 Å². The highest BCUT2D eigenvalue weighted by Crippen LogP contribution is 2.31. The first-order chi connectivity index (χ1) is 14.9. The van der Waals surface area contributed by atoms with Gasteiger partial charge in [-0.25, -0.2) is 0 Å². The van der Waals surface area contributed by atoms with E-state index in [1.807, 2.05) is 0 Å². The van der Waals surface area contributed by atoms with Crippen molar-refractivity contribution in [2.75, 3.05) is 26.2 Å². The summed E-state index contributed by atoms with van der Waals surface area (Å²) in [6, 6.07) is 32.6. The van der Waals surface area contributed by atoms with E-state index in [4.69, 9.17) is 4.98 Å². The maximum atomic E-state index is 5.08. The molecule has 0 aliphatic carbocycles. The zero-order valence-electron chi connectivity index (χ0n) is 17.2. The van der Waals surface area contributed by atoms with E-state index in [2.05, 4.69) is 101 Å². The maximum Gasteiger partial charge on any atom is 0.0777 e. The normalized spacial score (nSPS) is 16.3. The third-order valence-electron chi connectivity index (χ3n) is 5.97. The molecule has 1 aliphatic rings. The molecule has 4 aromatic rings. The summed E-state index contributed by atoms with van der Waals surface area (Å²) in [5.74, 6) is 0. The summed E-state index contributed by atoms with van der Waals surface area (Å²) in [5.41, 5.74) is 6.00. The van der Waals surface area contributed by atoms with E-state index in [1.54, 1.807) is 0 Å². The quantitative estimate of drug-likeness (QED) is 0.511. The van der Waals surface area contributed by atoms with Gasteiger partial charge in [-0.2, -0.15) is 0 Å². The second-order valence-electron chi connectivity index (χ2n) is 7.96. The van der Waals surface area contributed by atoms with Crippen LogP contribution in [-0.4, -0.2) is 36.1 Å². The second kappa shape index (κ2) is 8.78. The van der Waals surface area contributed by atoms with Crippen molar-refractivity contribution in [3.05, 3.63) is 102 Å². The minimum Gasteiger partial charge on any atom is -0.315 e. The molecule has 3 aromatic carbocycles. The minimum absolute atomic E-state index is 0.166. The maximum absolute atomic E-state index is 5.08. The largest absolute Gasteiger partial charge is 0.315 e. The standard InChI is InChI=1S/C27H27N3/c1-2-7-21(8-3-1)22-11-13-24(14-12-22)27(30-19-6-17-28-18-20-30)26-16-15-23-9-4-5-10-25(23)29-26/h1-5,7-16,27-28H,6,17-20H2. The van der Waals surface area contributed by atoms with Crippen LogP contribution < -0.4 is 5.32 Å². The Morgan fingerprint density at radius 3 is 2.33 bits per heavy atom. The highest BCUT2D eigenvalue weighted by atomic mass is 15.2. The number of nitrogens with one attached hydrogen (secondary N) is 1. The topological polar surface area (TPSA) is 28.2 Å². The van der Waals surface area contributed by atoms with Gasteiger partial charge in [-0.1, -0.05) is 78.9 Å². The van der Waals surface area contributed by atoms with E-state index in [9.17, 15) is 0 Å². The molecule has 30 heavy (non-hydrogen) atoms. The van der Waals surface area contributed by atoms with Gasteiger partial charge in [0.05, 0.1) is 17.3 Å². The van der Waals surface area contributed by atoms with E-state index in [0.29, 0.717) is 0 Å². The zero-order valence-corrected chi connectivity index (χ0v) is 17.2. The molecule has 5 rings (SSSR count). The molecule has 3 heteroatoms. The molecule has 3 nitrogen and oxygen atoms in total. The molecule has 2 heterocycles. The predicted octanol–water partition coefficient (Wildman–Crippen LogP) is 5.29. The molecule has 1 saturated heterocycles. The Hall–Kier alpha value is -3.01. The lowest BCUT2D eigenvalue weighted by Gasteiger charge is -2.30. The molecule has 1 atom stereocenters. The molecule has 1 N–H and O–H groups in total. The van der Waals surface area contributed by atoms with Crippen LogP contribution in [0.5, 0.6) is 0 Å². The van der Waals surface area contributed by atoms with Crippen LogP contribution in [0.4, 0.5) is 0 Å². The van der Waals surface area contributed by atoms with Crippen LogP contribution in [0.1, 0.15) is 23.7 Å². The summed E-state index contributed by atoms with van der Waals surface area (Å²) in [7, 11) is 0. The van der Waals surface area contributed by atoms with E-state index in [1.165, 1.54) is 22.1 Å². The number of hydrogen-bond acceptors (Lipinski definition) is 3. The summed E-state index contributed by atoms with van der Waals surface area (Å²) in [6.07, 6.45) is 1.16. The molecule has 0 radical (unpaired) electrons. The number of benzene rings is 3. The molecule has 0 amide bonds. The van der Waals surface area contributed by atoms with Crippen molar-refractivity contribution in [2.45, 2.75) is 12.5 Å². The van der Waals surface area contributed by atoms with Crippen LogP contribution in [0.25, 0.3) is 22.0 Å². The minimum atomic E-state index is 0.166. The van der Waals surface area contributed by atoms with Gasteiger partial charge in [-0.15, -0.1) is 0 Å². The SMILES string of the molecule is c1ccc(-c2ccc(C(c3ccc4ccccc4n3)N3CCCNCC3)cc2)cc1. The van der Waals surface area contributed by atoms with Gasteiger partial charge in [0.2, 0.25) is 0 Å². The Kier molecular flexibility index (Phi) is 5.56. The van der Waals surface area contributed by atoms with Crippen molar-refractivity contribution in [1.82, 2.24) is 15.2 Å². The molecule has 0 spiro atoms. The van der Waals surface area contributed by atoms with Crippen molar-refractivity contribution in [2.24, 2.45) is 0 Å². The summed E-state index contributed by atoms with van der Waals surface area (Å²) >= 11 is 0. The Labute approximate surface area is 178 Å². The predicted molar refractivity (Wildman–Crippen MR) is 125 cm³/mol. The number of pyridine rings is 1. The van der Waals surface area contributed by atoms with Gasteiger partial charge in [0, 0.05) is 25.0 Å². The Bertz CT molecular complexity index is 1100. The third kappa shape index (κ3) is 4.00. The molecule has 0 saturated carbocycles. The van der Waals surface area contributed by atoms with Gasteiger partial charge in [0.15, 0.2) is 0 Å². The molecule has 1 aromatic heterocycles. The van der Waals surface area contributed by atoms with Crippen LogP contribution in [0.15, 0.2) is 91.0 Å². The van der Waals surface area contributed by atoms with Crippen molar-refractivity contribution in [3.8, 4) is 11.1 Å². The molecule has 150 valence electrons. The Morgan fingerprint density at radius 2 is 1.47 bits per heavy atom. The van der Waals surface area contributed by atoms with Gasteiger partial charge >= 0.3 is 0 Å². The van der Waals surface area contributed by atoms with Gasteiger partial charge in [-0.3, -0.25) is 9.88 Å². The Morgan fingerprint density at radius 1 is 0.700 bits per heavy atom. The molecular formula is C27H27N3. The second-order valence-corrected chi connectivity index (χ2v) is 7.96. The molecule has 0 bridgehead atoms. The Balaban J connectivity index is 1.55. The number of aromatic nitrogens is 1. The monoisotopic (exact) mass is 393 g/mol. The number of nitrogens with zero attached hydrogens (tertiary/aromatic N) is 2. The summed E-state index contributed by atoms with van der Waals surface area (Å²) in [5, 5.41) is 4.72. The van der Waals surface area contributed by atoms with Crippen molar-refractivity contribution < 1.29 is 0 Å². The summed E-state index contributed by atoms with van der Waals surface area (Å²) < 4.78 is 0. The first-order valence-corrected chi connectivity index (χ1v) is 10.8. The van der Waals surface area contributed by atoms with Crippen molar-refractivity contribution >= 4 is 10.9 Å². The van der Waals surface area contributed by atoms with Crippen LogP contribution >= 0.6 is 0 Å². The average Bonchev–Trinajstić information content (AvgIpc) is 3.10. The fraction of sp³-hybridized carbons (Fsp3) is 0.222. The smallest absolute Gasteiger partial charge is 0.0777 e. The number of hydrogen-bond donors (Lipinski definition) is 1. The fourth-order valence-corrected chi connectivity index (χ4v) is 4.42. The average molecular weight is 394 g/mol. The van der Waals surface area contributed by atoms with Crippen LogP contribution in [-0.2, 0) is 0 Å². The van der Waals surface area contributed by atoms with Gasteiger partial charge in [-0.05, 0) is 41.8 Å². The lowest BCUT2D eigenvalue weighted by Crippen LogP contribution is -2.33. The van der Waals surface area contributed by atoms with Crippen LogP contribution in [0.2, 0.25) is 0 Å². The number of fused-ring (bicyclic) bond motifs is 1. The van der Waals surface area contributed by atoms with Crippen molar-refractivity contribution in [3.63, 3.8) is 0 Å². The summed E-state index contributed by atoms with van der Waals surface area (Å²) in [6.45, 7) is 4.21. The number of rotatable bonds is 4. The van der Waals surface area contributed by atoms with Gasteiger partial charge in [0.1, 0.15) is 0 Å². The van der Waals surface area contributed by atoms with Crippen molar-refractivity contribution in [1.29, 1.82) is 0 Å². The first-order valence-electron chi connectivity index (χ1n) is 10.8.